The second-order valence-corrected chi connectivity index (χ2v) is 7.70. The number of anilines is 4. The fourth-order valence-electron chi connectivity index (χ4n) is 3.79. The Bertz CT molecular complexity index is 1320. The number of hydrogen-bond acceptors (Lipinski definition) is 3. The lowest BCUT2D eigenvalue weighted by atomic mass is 10.0. The average Bonchev–Trinajstić information content (AvgIpc) is 2.85. The van der Waals surface area contributed by atoms with Gasteiger partial charge in [0.1, 0.15) is 5.75 Å². The van der Waals surface area contributed by atoms with Crippen molar-refractivity contribution in [2.75, 3.05) is 10.2 Å². The van der Waals surface area contributed by atoms with E-state index in [1.165, 1.54) is 0 Å². The summed E-state index contributed by atoms with van der Waals surface area (Å²) in [5, 5.41) is 3.48. The van der Waals surface area contributed by atoms with Gasteiger partial charge < -0.3 is 15.0 Å². The van der Waals surface area contributed by atoms with Crippen LogP contribution >= 0.6 is 0 Å². The van der Waals surface area contributed by atoms with Crippen LogP contribution in [0.5, 0.6) is 11.5 Å². The zero-order chi connectivity index (χ0) is 22.5. The van der Waals surface area contributed by atoms with E-state index >= 15 is 0 Å². The summed E-state index contributed by atoms with van der Waals surface area (Å²) in [5.41, 5.74) is 6.18. The maximum atomic E-state index is 6.08. The number of nitrogens with one attached hydrogen (secondary N) is 1. The van der Waals surface area contributed by atoms with E-state index in [1.807, 2.05) is 78.9 Å². The van der Waals surface area contributed by atoms with Gasteiger partial charge in [0.2, 0.25) is 0 Å². The van der Waals surface area contributed by atoms with Crippen LogP contribution in [0.2, 0.25) is 0 Å². The topological polar surface area (TPSA) is 24.5 Å². The Hall–Kier alpha value is -4.50. The molecule has 1 N–H and O–H groups in total. The Morgan fingerprint density at radius 3 is 2.27 bits per heavy atom. The van der Waals surface area contributed by atoms with Gasteiger partial charge in [-0.2, -0.15) is 0 Å². The number of rotatable bonds is 5. The quantitative estimate of drug-likeness (QED) is 0.345. The first-order chi connectivity index (χ1) is 16.3. The minimum atomic E-state index is 0.777. The standard InChI is InChI=1S/C30H24N2O/c1-23-11-9-10-22-32(29-16-7-5-14-27(23)29)25-20-18-24(19-21-25)31-28-15-6-8-17-30(28)33-26-12-3-2-4-13-26/h2-22,31H,1H2/b11-9-,22-10-. The van der Waals surface area contributed by atoms with Crippen LogP contribution in [-0.4, -0.2) is 0 Å². The van der Waals surface area contributed by atoms with Crippen LogP contribution in [0, 0.1) is 0 Å². The SMILES string of the molecule is C=C1/C=C\C=C/N(c2ccc(Nc3ccccc3Oc3ccccc3)cc2)c2ccccc21. The molecule has 0 atom stereocenters. The molecule has 0 fully saturated rings. The predicted octanol–water partition coefficient (Wildman–Crippen LogP) is 8.46. The van der Waals surface area contributed by atoms with Crippen molar-refractivity contribution in [3.63, 3.8) is 0 Å². The fourth-order valence-corrected chi connectivity index (χ4v) is 3.79. The number of nitrogens with zero attached hydrogens (tertiary/aromatic N) is 1. The molecule has 0 radical (unpaired) electrons. The van der Waals surface area contributed by atoms with Crippen molar-refractivity contribution in [1.29, 1.82) is 0 Å². The largest absolute Gasteiger partial charge is 0.455 e. The number of fused-ring (bicyclic) bond motifs is 1. The molecule has 0 saturated carbocycles. The molecule has 0 unspecified atom stereocenters. The molecule has 0 amide bonds. The molecule has 0 saturated heterocycles. The minimum absolute atomic E-state index is 0.777. The lowest BCUT2D eigenvalue weighted by Gasteiger charge is -2.25. The van der Waals surface area contributed by atoms with Crippen LogP contribution in [-0.2, 0) is 0 Å². The van der Waals surface area contributed by atoms with Gasteiger partial charge in [-0.25, -0.2) is 0 Å². The molecule has 5 rings (SSSR count). The molecule has 0 aromatic heterocycles. The van der Waals surface area contributed by atoms with E-state index in [0.29, 0.717) is 0 Å². The van der Waals surface area contributed by atoms with E-state index in [1.54, 1.807) is 0 Å². The first-order valence-corrected chi connectivity index (χ1v) is 10.9. The smallest absolute Gasteiger partial charge is 0.150 e. The van der Waals surface area contributed by atoms with Crippen molar-refractivity contribution in [2.24, 2.45) is 0 Å². The van der Waals surface area contributed by atoms with Crippen molar-refractivity contribution >= 4 is 28.3 Å². The third kappa shape index (κ3) is 4.58. The lowest BCUT2D eigenvalue weighted by Crippen LogP contribution is -2.11. The first kappa shape index (κ1) is 20.4. The van der Waals surface area contributed by atoms with Crippen LogP contribution in [0.3, 0.4) is 0 Å². The number of ether oxygens (including phenoxy) is 1. The molecule has 33 heavy (non-hydrogen) atoms. The van der Waals surface area contributed by atoms with E-state index in [9.17, 15) is 0 Å². The molecule has 4 aromatic carbocycles. The Morgan fingerprint density at radius 1 is 0.697 bits per heavy atom. The Labute approximate surface area is 194 Å². The number of para-hydroxylation sites is 4. The third-order valence-electron chi connectivity index (χ3n) is 5.44. The second kappa shape index (κ2) is 9.33. The maximum Gasteiger partial charge on any atom is 0.150 e. The average molecular weight is 429 g/mol. The van der Waals surface area contributed by atoms with Gasteiger partial charge in [0.05, 0.1) is 11.4 Å². The highest BCUT2D eigenvalue weighted by Crippen LogP contribution is 2.36. The molecular formula is C30H24N2O. The summed E-state index contributed by atoms with van der Waals surface area (Å²) in [4.78, 5) is 2.18. The molecule has 3 nitrogen and oxygen atoms in total. The number of benzene rings is 4. The first-order valence-electron chi connectivity index (χ1n) is 10.9. The van der Waals surface area contributed by atoms with Gasteiger partial charge in [-0.3, -0.25) is 0 Å². The van der Waals surface area contributed by atoms with Crippen LogP contribution in [0.4, 0.5) is 22.7 Å². The molecule has 1 heterocycles. The molecule has 1 aliphatic rings. The predicted molar refractivity (Wildman–Crippen MR) is 139 cm³/mol. The van der Waals surface area contributed by atoms with Crippen molar-refractivity contribution in [3.8, 4) is 11.5 Å². The molecular weight excluding hydrogens is 404 g/mol. The molecule has 1 aliphatic heterocycles. The van der Waals surface area contributed by atoms with E-state index in [2.05, 4.69) is 65.5 Å². The van der Waals surface area contributed by atoms with Crippen LogP contribution in [0.15, 0.2) is 134 Å². The normalized spacial score (nSPS) is 14.5. The monoisotopic (exact) mass is 428 g/mol. The lowest BCUT2D eigenvalue weighted by molar-refractivity contribution is 0.485. The van der Waals surface area contributed by atoms with Gasteiger partial charge in [0.25, 0.3) is 0 Å². The van der Waals surface area contributed by atoms with Gasteiger partial charge in [-0.1, -0.05) is 67.3 Å². The number of hydrogen-bond donors (Lipinski definition) is 1. The summed E-state index contributed by atoms with van der Waals surface area (Å²) >= 11 is 0. The summed E-state index contributed by atoms with van der Waals surface area (Å²) in [7, 11) is 0. The summed E-state index contributed by atoms with van der Waals surface area (Å²) in [5.74, 6) is 1.58. The van der Waals surface area contributed by atoms with E-state index in [-0.39, 0.29) is 0 Å². The van der Waals surface area contributed by atoms with E-state index in [0.717, 1.165) is 45.4 Å². The summed E-state index contributed by atoms with van der Waals surface area (Å²) < 4.78 is 6.08. The van der Waals surface area contributed by atoms with Crippen molar-refractivity contribution in [2.45, 2.75) is 0 Å². The summed E-state index contributed by atoms with van der Waals surface area (Å²) in [6.45, 7) is 4.22. The second-order valence-electron chi connectivity index (χ2n) is 7.70. The Morgan fingerprint density at radius 2 is 1.42 bits per heavy atom. The summed E-state index contributed by atoms with van der Waals surface area (Å²) in [6.07, 6.45) is 8.16. The molecule has 0 bridgehead atoms. The van der Waals surface area contributed by atoms with Crippen LogP contribution in [0.25, 0.3) is 5.57 Å². The van der Waals surface area contributed by atoms with Crippen molar-refractivity contribution in [1.82, 2.24) is 0 Å². The van der Waals surface area contributed by atoms with Gasteiger partial charge in [-0.15, -0.1) is 0 Å². The van der Waals surface area contributed by atoms with Crippen molar-refractivity contribution in [3.05, 3.63) is 140 Å². The highest BCUT2D eigenvalue weighted by molar-refractivity contribution is 5.85. The minimum Gasteiger partial charge on any atom is -0.455 e. The molecule has 4 aromatic rings. The molecule has 160 valence electrons. The van der Waals surface area contributed by atoms with Gasteiger partial charge in [-0.05, 0) is 66.2 Å². The highest BCUT2D eigenvalue weighted by Gasteiger charge is 2.13. The van der Waals surface area contributed by atoms with Crippen LogP contribution in [0.1, 0.15) is 5.56 Å². The van der Waals surface area contributed by atoms with Crippen LogP contribution < -0.4 is 15.0 Å². The van der Waals surface area contributed by atoms with Crippen molar-refractivity contribution < 1.29 is 4.74 Å². The van der Waals surface area contributed by atoms with E-state index in [4.69, 9.17) is 4.74 Å². The maximum absolute atomic E-state index is 6.08. The highest BCUT2D eigenvalue weighted by atomic mass is 16.5. The zero-order valence-corrected chi connectivity index (χ0v) is 18.2. The van der Waals surface area contributed by atoms with Gasteiger partial charge in [0.15, 0.2) is 5.75 Å². The third-order valence-corrected chi connectivity index (χ3v) is 5.44. The van der Waals surface area contributed by atoms with Gasteiger partial charge >= 0.3 is 0 Å². The number of allylic oxidation sites excluding steroid dienone is 4. The molecule has 0 spiro atoms. The summed E-state index contributed by atoms with van der Waals surface area (Å²) in [6, 6.07) is 34.4. The van der Waals surface area contributed by atoms with E-state index < -0.39 is 0 Å². The Kier molecular flexibility index (Phi) is 5.77. The van der Waals surface area contributed by atoms with Gasteiger partial charge in [0, 0.05) is 23.1 Å². The molecule has 0 aliphatic carbocycles. The zero-order valence-electron chi connectivity index (χ0n) is 18.2. The fraction of sp³-hybridized carbons (Fsp3) is 0. The molecule has 3 heteroatoms. The Balaban J connectivity index is 1.40.